The molecule has 0 amide bonds. The maximum Gasteiger partial charge on any atom is 0.117 e. The van der Waals surface area contributed by atoms with E-state index in [2.05, 4.69) is 11.9 Å². The molecule has 2 heteroatoms. The molecule has 0 aromatic carbocycles. The normalized spacial score (nSPS) is 15.2. The van der Waals surface area contributed by atoms with E-state index in [-0.39, 0.29) is 0 Å². The Morgan fingerprint density at radius 2 is 2.64 bits per heavy atom. The van der Waals surface area contributed by atoms with Gasteiger partial charge < -0.3 is 10.1 Å². The third-order valence-electron chi connectivity index (χ3n) is 1.48. The Morgan fingerprint density at radius 1 is 1.82 bits per heavy atom. The number of hydrogen-bond donors (Lipinski definition) is 1. The van der Waals surface area contributed by atoms with Gasteiger partial charge >= 0.3 is 0 Å². The Bertz CT molecular complexity index is 204. The van der Waals surface area contributed by atoms with Crippen LogP contribution in [0.4, 0.5) is 0 Å². The molecule has 0 aromatic heterocycles. The predicted octanol–water partition coefficient (Wildman–Crippen LogP) is 1.58. The maximum absolute atomic E-state index is 5.24. The minimum atomic E-state index is 0.680. The molecule has 0 aliphatic carbocycles. The van der Waals surface area contributed by atoms with Gasteiger partial charge in [0.1, 0.15) is 5.76 Å². The molecule has 0 bridgehead atoms. The molecule has 2 nitrogen and oxygen atoms in total. The molecule has 0 saturated carbocycles. The van der Waals surface area contributed by atoms with Crippen molar-refractivity contribution in [2.45, 2.75) is 6.92 Å². The first kappa shape index (κ1) is 7.92. The van der Waals surface area contributed by atoms with Crippen LogP contribution >= 0.6 is 0 Å². The number of nitrogens with one attached hydrogen (secondary N) is 1. The van der Waals surface area contributed by atoms with E-state index in [1.807, 2.05) is 25.3 Å². The number of ether oxygens (including phenoxy) is 1. The molecule has 60 valence electrons. The van der Waals surface area contributed by atoms with E-state index in [0.29, 0.717) is 6.61 Å². The summed E-state index contributed by atoms with van der Waals surface area (Å²) in [4.78, 5) is 0. The van der Waals surface area contributed by atoms with Gasteiger partial charge in [0.25, 0.3) is 0 Å². The predicted molar refractivity (Wildman–Crippen MR) is 46.0 cm³/mol. The fraction of sp³-hybridized carbons (Fsp3) is 0.333. The second-order valence-corrected chi connectivity index (χ2v) is 2.29. The van der Waals surface area contributed by atoms with E-state index in [0.717, 1.165) is 17.9 Å². The van der Waals surface area contributed by atoms with Crippen molar-refractivity contribution in [2.24, 2.45) is 0 Å². The molecule has 0 atom stereocenters. The van der Waals surface area contributed by atoms with Gasteiger partial charge in [-0.25, -0.2) is 0 Å². The fourth-order valence-electron chi connectivity index (χ4n) is 0.919. The van der Waals surface area contributed by atoms with Gasteiger partial charge in [-0.1, -0.05) is 12.7 Å². The Kier molecular flexibility index (Phi) is 2.78. The molecule has 0 aromatic rings. The number of rotatable bonds is 3. The lowest BCUT2D eigenvalue weighted by molar-refractivity contribution is 0.238. The first-order valence-corrected chi connectivity index (χ1v) is 3.75. The Hall–Kier alpha value is -1.18. The van der Waals surface area contributed by atoms with Gasteiger partial charge in [-0.3, -0.25) is 0 Å². The topological polar surface area (TPSA) is 21.3 Å². The van der Waals surface area contributed by atoms with Gasteiger partial charge in [0, 0.05) is 12.1 Å². The summed E-state index contributed by atoms with van der Waals surface area (Å²) in [6, 6.07) is 0. The van der Waals surface area contributed by atoms with Gasteiger partial charge in [-0.05, 0) is 19.2 Å². The number of dihydropyridines is 1. The highest BCUT2D eigenvalue weighted by atomic mass is 16.5. The van der Waals surface area contributed by atoms with Crippen molar-refractivity contribution in [2.75, 3.05) is 13.2 Å². The summed E-state index contributed by atoms with van der Waals surface area (Å²) in [6.07, 6.45) is 5.86. The number of hydrogen-bond acceptors (Lipinski definition) is 2. The molecular weight excluding hydrogens is 138 g/mol. The number of allylic oxidation sites excluding steroid dienone is 2. The third kappa shape index (κ3) is 2.15. The van der Waals surface area contributed by atoms with E-state index in [1.54, 1.807) is 0 Å². The van der Waals surface area contributed by atoms with Crippen LogP contribution in [0.1, 0.15) is 6.92 Å². The summed E-state index contributed by atoms with van der Waals surface area (Å²) in [5.74, 6) is 0.768. The monoisotopic (exact) mass is 151 g/mol. The molecule has 1 rings (SSSR count). The molecular formula is C9H13NO. The lowest BCUT2D eigenvalue weighted by atomic mass is 10.2. The Labute approximate surface area is 67.2 Å². The van der Waals surface area contributed by atoms with Crippen LogP contribution in [0.2, 0.25) is 0 Å². The van der Waals surface area contributed by atoms with Crippen LogP contribution in [-0.2, 0) is 4.74 Å². The third-order valence-corrected chi connectivity index (χ3v) is 1.48. The summed E-state index contributed by atoms with van der Waals surface area (Å²) in [6.45, 7) is 7.26. The summed E-state index contributed by atoms with van der Waals surface area (Å²) < 4.78 is 5.24. The standard InChI is InChI=1S/C9H13NO/c1-3-11-8(2)9-5-4-6-10-7-9/h4-6,10H,2-3,7H2,1H3. The molecule has 1 aliphatic rings. The maximum atomic E-state index is 5.24. The fourth-order valence-corrected chi connectivity index (χ4v) is 0.919. The van der Waals surface area contributed by atoms with Gasteiger partial charge in [0.15, 0.2) is 0 Å². The molecule has 0 saturated heterocycles. The SMILES string of the molecule is C=C(OCC)C1=CC=CNC1. The lowest BCUT2D eigenvalue weighted by Crippen LogP contribution is -2.14. The molecule has 1 N–H and O–H groups in total. The van der Waals surface area contributed by atoms with E-state index in [1.165, 1.54) is 0 Å². The van der Waals surface area contributed by atoms with Crippen LogP contribution < -0.4 is 5.32 Å². The minimum absolute atomic E-state index is 0.680. The zero-order chi connectivity index (χ0) is 8.10. The molecule has 0 unspecified atom stereocenters. The van der Waals surface area contributed by atoms with Crippen LogP contribution in [0.3, 0.4) is 0 Å². The highest BCUT2D eigenvalue weighted by molar-refractivity contribution is 5.31. The van der Waals surface area contributed by atoms with Crippen molar-refractivity contribution in [3.63, 3.8) is 0 Å². The van der Waals surface area contributed by atoms with Gasteiger partial charge in [0.05, 0.1) is 6.61 Å². The van der Waals surface area contributed by atoms with Gasteiger partial charge in [-0.2, -0.15) is 0 Å². The van der Waals surface area contributed by atoms with E-state index >= 15 is 0 Å². The highest BCUT2D eigenvalue weighted by Gasteiger charge is 2.02. The Morgan fingerprint density at radius 3 is 3.18 bits per heavy atom. The smallest absolute Gasteiger partial charge is 0.117 e. The summed E-state index contributed by atoms with van der Waals surface area (Å²) in [7, 11) is 0. The largest absolute Gasteiger partial charge is 0.494 e. The van der Waals surface area contributed by atoms with Crippen LogP contribution in [0.5, 0.6) is 0 Å². The second kappa shape index (κ2) is 3.86. The van der Waals surface area contributed by atoms with Crippen LogP contribution in [0.25, 0.3) is 0 Å². The zero-order valence-electron chi connectivity index (χ0n) is 6.76. The van der Waals surface area contributed by atoms with Crippen LogP contribution in [0.15, 0.2) is 36.3 Å². The average molecular weight is 151 g/mol. The van der Waals surface area contributed by atoms with Gasteiger partial charge in [0.2, 0.25) is 0 Å². The summed E-state index contributed by atoms with van der Waals surface area (Å²) >= 11 is 0. The molecule has 1 heterocycles. The van der Waals surface area contributed by atoms with Gasteiger partial charge in [-0.15, -0.1) is 0 Å². The zero-order valence-corrected chi connectivity index (χ0v) is 6.76. The van der Waals surface area contributed by atoms with E-state index in [4.69, 9.17) is 4.74 Å². The molecule has 0 radical (unpaired) electrons. The van der Waals surface area contributed by atoms with E-state index in [9.17, 15) is 0 Å². The summed E-state index contributed by atoms with van der Waals surface area (Å²) in [5, 5.41) is 3.08. The van der Waals surface area contributed by atoms with E-state index < -0.39 is 0 Å². The molecule has 11 heavy (non-hydrogen) atoms. The quantitative estimate of drug-likeness (QED) is 0.618. The van der Waals surface area contributed by atoms with Crippen molar-refractivity contribution in [1.82, 2.24) is 5.32 Å². The first-order valence-electron chi connectivity index (χ1n) is 3.75. The van der Waals surface area contributed by atoms with Crippen LogP contribution in [0, 0.1) is 0 Å². The average Bonchev–Trinajstić information content (AvgIpc) is 2.07. The van der Waals surface area contributed by atoms with Crippen molar-refractivity contribution in [3.05, 3.63) is 36.3 Å². The molecule has 0 fully saturated rings. The van der Waals surface area contributed by atoms with Crippen molar-refractivity contribution in [1.29, 1.82) is 0 Å². The van der Waals surface area contributed by atoms with Crippen molar-refractivity contribution < 1.29 is 4.74 Å². The Balaban J connectivity index is 2.52. The second-order valence-electron chi connectivity index (χ2n) is 2.29. The summed E-state index contributed by atoms with van der Waals surface area (Å²) in [5.41, 5.74) is 1.12. The van der Waals surface area contributed by atoms with Crippen molar-refractivity contribution in [3.8, 4) is 0 Å². The van der Waals surface area contributed by atoms with Crippen LogP contribution in [-0.4, -0.2) is 13.2 Å². The van der Waals surface area contributed by atoms with Crippen molar-refractivity contribution >= 4 is 0 Å². The minimum Gasteiger partial charge on any atom is -0.494 e. The highest BCUT2D eigenvalue weighted by Crippen LogP contribution is 2.10. The lowest BCUT2D eigenvalue weighted by Gasteiger charge is -2.13. The molecule has 0 spiro atoms. The first-order chi connectivity index (χ1) is 5.34. The molecule has 1 aliphatic heterocycles.